The standard InChI is InChI=1S/C41H25N3S/c1-3-11-26(12-4-1)31-16-9-10-18-34(31)41-43-39(29-14-5-2-6-15-29)42-40(44-41)30-22-24-36-35(25-30)33-23-21-28-20-19-27-13-7-8-17-32(27)37(28)38(33)45-36/h1-25H. The van der Waals surface area contributed by atoms with Crippen LogP contribution < -0.4 is 0 Å². The van der Waals surface area contributed by atoms with Gasteiger partial charge in [0, 0.05) is 42.2 Å². The highest BCUT2D eigenvalue weighted by Gasteiger charge is 2.17. The summed E-state index contributed by atoms with van der Waals surface area (Å²) in [6.45, 7) is 0. The monoisotopic (exact) mass is 591 g/mol. The van der Waals surface area contributed by atoms with Crippen molar-refractivity contribution < 1.29 is 0 Å². The van der Waals surface area contributed by atoms with Crippen LogP contribution in [0.1, 0.15) is 0 Å². The maximum absolute atomic E-state index is 5.13. The van der Waals surface area contributed by atoms with Crippen LogP contribution in [0, 0.1) is 0 Å². The van der Waals surface area contributed by atoms with Crippen LogP contribution in [0.3, 0.4) is 0 Å². The largest absolute Gasteiger partial charge is 0.208 e. The molecule has 0 bridgehead atoms. The first kappa shape index (κ1) is 25.8. The molecule has 2 aromatic heterocycles. The second kappa shape index (κ2) is 10.5. The van der Waals surface area contributed by atoms with E-state index >= 15 is 0 Å². The lowest BCUT2D eigenvalue weighted by Crippen LogP contribution is -2.01. The highest BCUT2D eigenvalue weighted by Crippen LogP contribution is 2.42. The van der Waals surface area contributed by atoms with E-state index in [4.69, 9.17) is 15.0 Å². The number of fused-ring (bicyclic) bond motifs is 7. The third-order valence-corrected chi connectivity index (χ3v) is 9.73. The molecule has 0 aliphatic heterocycles. The third-order valence-electron chi connectivity index (χ3n) is 8.52. The summed E-state index contributed by atoms with van der Waals surface area (Å²) in [7, 11) is 0. The first-order valence-electron chi connectivity index (χ1n) is 15.0. The third kappa shape index (κ3) is 4.38. The van der Waals surface area contributed by atoms with E-state index in [2.05, 4.69) is 121 Å². The number of aromatic nitrogens is 3. The van der Waals surface area contributed by atoms with E-state index in [1.165, 1.54) is 41.7 Å². The normalized spacial score (nSPS) is 11.6. The zero-order valence-electron chi connectivity index (χ0n) is 24.2. The summed E-state index contributed by atoms with van der Waals surface area (Å²) in [4.78, 5) is 15.2. The molecular weight excluding hydrogens is 567 g/mol. The molecule has 0 N–H and O–H groups in total. The summed E-state index contributed by atoms with van der Waals surface area (Å²) in [5.41, 5.74) is 5.12. The number of hydrogen-bond acceptors (Lipinski definition) is 4. The summed E-state index contributed by atoms with van der Waals surface area (Å²) in [6.07, 6.45) is 0. The molecule has 0 spiro atoms. The Balaban J connectivity index is 1.27. The molecule has 210 valence electrons. The van der Waals surface area contributed by atoms with Crippen molar-refractivity contribution in [2.45, 2.75) is 0 Å². The van der Waals surface area contributed by atoms with Crippen LogP contribution in [0.4, 0.5) is 0 Å². The molecule has 0 saturated carbocycles. The zero-order valence-corrected chi connectivity index (χ0v) is 25.0. The average molecular weight is 592 g/mol. The van der Waals surface area contributed by atoms with Crippen LogP contribution in [-0.2, 0) is 0 Å². The molecule has 0 amide bonds. The maximum atomic E-state index is 5.13. The predicted octanol–water partition coefficient (Wildman–Crippen LogP) is 11.2. The number of rotatable bonds is 4. The van der Waals surface area contributed by atoms with Gasteiger partial charge in [-0.15, -0.1) is 11.3 Å². The highest BCUT2D eigenvalue weighted by atomic mass is 32.1. The molecule has 9 aromatic rings. The maximum Gasteiger partial charge on any atom is 0.164 e. The van der Waals surface area contributed by atoms with E-state index in [-0.39, 0.29) is 0 Å². The lowest BCUT2D eigenvalue weighted by Gasteiger charge is -2.12. The van der Waals surface area contributed by atoms with Gasteiger partial charge in [0.25, 0.3) is 0 Å². The van der Waals surface area contributed by atoms with Crippen LogP contribution in [0.2, 0.25) is 0 Å². The van der Waals surface area contributed by atoms with E-state index in [1.807, 2.05) is 41.7 Å². The van der Waals surface area contributed by atoms with Gasteiger partial charge in [0.15, 0.2) is 17.5 Å². The van der Waals surface area contributed by atoms with Crippen molar-refractivity contribution in [2.24, 2.45) is 0 Å². The Morgan fingerprint density at radius 3 is 1.82 bits per heavy atom. The molecule has 45 heavy (non-hydrogen) atoms. The highest BCUT2D eigenvalue weighted by molar-refractivity contribution is 7.26. The zero-order chi connectivity index (χ0) is 29.7. The summed E-state index contributed by atoms with van der Waals surface area (Å²) in [5, 5.41) is 7.61. The minimum absolute atomic E-state index is 0.658. The van der Waals surface area contributed by atoms with Gasteiger partial charge >= 0.3 is 0 Å². The Kier molecular flexibility index (Phi) is 6.00. The van der Waals surface area contributed by atoms with Gasteiger partial charge in [0.05, 0.1) is 0 Å². The van der Waals surface area contributed by atoms with Crippen molar-refractivity contribution >= 4 is 53.1 Å². The van der Waals surface area contributed by atoms with Crippen LogP contribution in [0.5, 0.6) is 0 Å². The fraction of sp³-hybridized carbons (Fsp3) is 0. The quantitative estimate of drug-likeness (QED) is 0.191. The Hall–Kier alpha value is -5.71. The van der Waals surface area contributed by atoms with Gasteiger partial charge in [-0.3, -0.25) is 0 Å². The van der Waals surface area contributed by atoms with Crippen LogP contribution in [0.15, 0.2) is 152 Å². The van der Waals surface area contributed by atoms with Gasteiger partial charge in [-0.05, 0) is 45.5 Å². The molecule has 0 saturated heterocycles. The van der Waals surface area contributed by atoms with E-state index in [1.54, 1.807) is 0 Å². The molecule has 4 heteroatoms. The lowest BCUT2D eigenvalue weighted by atomic mass is 9.99. The van der Waals surface area contributed by atoms with Crippen molar-refractivity contribution in [3.05, 3.63) is 152 Å². The smallest absolute Gasteiger partial charge is 0.164 e. The SMILES string of the molecule is c1ccc(-c2nc(-c3ccc4sc5c(ccc6ccc7ccccc7c65)c4c3)nc(-c3ccccc3-c3ccccc3)n2)cc1. The Morgan fingerprint density at radius 2 is 1.00 bits per heavy atom. The van der Waals surface area contributed by atoms with E-state index in [9.17, 15) is 0 Å². The molecule has 0 unspecified atom stereocenters. The number of benzene rings is 7. The summed E-state index contributed by atoms with van der Waals surface area (Å²) in [6, 6.07) is 53.2. The topological polar surface area (TPSA) is 38.7 Å². The van der Waals surface area contributed by atoms with E-state index in [0.717, 1.165) is 27.8 Å². The molecule has 2 heterocycles. The van der Waals surface area contributed by atoms with Crippen molar-refractivity contribution in [3.63, 3.8) is 0 Å². The van der Waals surface area contributed by atoms with E-state index < -0.39 is 0 Å². The summed E-state index contributed by atoms with van der Waals surface area (Å²) < 4.78 is 2.57. The molecule has 0 radical (unpaired) electrons. The van der Waals surface area contributed by atoms with Gasteiger partial charge in [-0.2, -0.15) is 0 Å². The minimum Gasteiger partial charge on any atom is -0.208 e. The molecule has 0 aliphatic carbocycles. The van der Waals surface area contributed by atoms with Gasteiger partial charge in [0.1, 0.15) is 0 Å². The Bertz CT molecular complexity index is 2540. The predicted molar refractivity (Wildman–Crippen MR) is 189 cm³/mol. The van der Waals surface area contributed by atoms with Gasteiger partial charge < -0.3 is 0 Å². The molecule has 3 nitrogen and oxygen atoms in total. The molecular formula is C41H25N3S. The Morgan fingerprint density at radius 1 is 0.378 bits per heavy atom. The average Bonchev–Trinajstić information content (AvgIpc) is 3.50. The Labute approximate surface area is 264 Å². The lowest BCUT2D eigenvalue weighted by molar-refractivity contribution is 1.07. The number of thiophene rings is 1. The van der Waals surface area contributed by atoms with Crippen LogP contribution in [-0.4, -0.2) is 15.0 Å². The van der Waals surface area contributed by atoms with Crippen molar-refractivity contribution in [2.75, 3.05) is 0 Å². The molecule has 0 fully saturated rings. The molecule has 7 aromatic carbocycles. The second-order valence-corrected chi connectivity index (χ2v) is 12.3. The van der Waals surface area contributed by atoms with Crippen molar-refractivity contribution in [1.82, 2.24) is 15.0 Å². The van der Waals surface area contributed by atoms with Gasteiger partial charge in [-0.25, -0.2) is 15.0 Å². The van der Waals surface area contributed by atoms with Crippen molar-refractivity contribution in [3.8, 4) is 45.3 Å². The second-order valence-electron chi connectivity index (χ2n) is 11.2. The molecule has 9 rings (SSSR count). The van der Waals surface area contributed by atoms with Crippen LogP contribution >= 0.6 is 11.3 Å². The number of hydrogen-bond donors (Lipinski definition) is 0. The number of nitrogens with zero attached hydrogens (tertiary/aromatic N) is 3. The fourth-order valence-corrected chi connectivity index (χ4v) is 7.60. The fourth-order valence-electron chi connectivity index (χ4n) is 6.35. The van der Waals surface area contributed by atoms with Crippen molar-refractivity contribution in [1.29, 1.82) is 0 Å². The summed E-state index contributed by atoms with van der Waals surface area (Å²) in [5.74, 6) is 1.98. The first-order chi connectivity index (χ1) is 22.3. The molecule has 0 aliphatic rings. The minimum atomic E-state index is 0.658. The van der Waals surface area contributed by atoms with Gasteiger partial charge in [0.2, 0.25) is 0 Å². The van der Waals surface area contributed by atoms with Gasteiger partial charge in [-0.1, -0.05) is 133 Å². The summed E-state index contributed by atoms with van der Waals surface area (Å²) >= 11 is 1.86. The van der Waals surface area contributed by atoms with E-state index in [0.29, 0.717) is 17.5 Å². The van der Waals surface area contributed by atoms with Crippen LogP contribution in [0.25, 0.3) is 87.0 Å². The first-order valence-corrected chi connectivity index (χ1v) is 15.9. The molecule has 0 atom stereocenters.